The third-order valence-electron chi connectivity index (χ3n) is 5.84. The summed E-state index contributed by atoms with van der Waals surface area (Å²) >= 11 is 0. The van der Waals surface area contributed by atoms with Crippen molar-refractivity contribution < 1.29 is 0 Å². The number of aromatic nitrogens is 4. The molecule has 1 N–H and O–H groups in total. The zero-order chi connectivity index (χ0) is 18.9. The summed E-state index contributed by atoms with van der Waals surface area (Å²) < 4.78 is 4.53. The van der Waals surface area contributed by atoms with Crippen LogP contribution in [0.4, 0.5) is 0 Å². The fraction of sp³-hybridized carbons (Fsp3) is 0. The number of hydrogen-bond donors (Lipinski definition) is 1. The first-order chi connectivity index (χ1) is 14.4. The Morgan fingerprint density at radius 3 is 2.34 bits per heavy atom. The average molecular weight is 372 g/mol. The molecule has 0 fully saturated rings. The molecule has 0 aliphatic carbocycles. The summed E-state index contributed by atoms with van der Waals surface area (Å²) in [5.41, 5.74) is 7.85. The quantitative estimate of drug-likeness (QED) is 0.373. The zero-order valence-electron chi connectivity index (χ0n) is 15.5. The molecule has 0 unspecified atom stereocenters. The summed E-state index contributed by atoms with van der Waals surface area (Å²) in [5.74, 6) is 0.935. The molecule has 0 saturated carbocycles. The molecule has 136 valence electrons. The Hall–Kier alpha value is -4.05. The van der Waals surface area contributed by atoms with E-state index in [1.807, 2.05) is 12.1 Å². The van der Waals surface area contributed by atoms with Gasteiger partial charge in [0, 0.05) is 27.5 Å². The van der Waals surface area contributed by atoms with Crippen LogP contribution in [0, 0.1) is 0 Å². The van der Waals surface area contributed by atoms with E-state index in [2.05, 4.69) is 92.8 Å². The number of H-pyrrole nitrogens is 1. The maximum absolute atomic E-state index is 4.98. The van der Waals surface area contributed by atoms with Crippen molar-refractivity contribution in [2.75, 3.05) is 0 Å². The SMILES string of the molecule is c1ccc(-n2c3cc4c(cc3n3c5ccccc5nc23)[nH]c2ccccc24)cc1. The van der Waals surface area contributed by atoms with Crippen molar-refractivity contribution >= 4 is 49.7 Å². The summed E-state index contributed by atoms with van der Waals surface area (Å²) in [6, 6.07) is 31.8. The van der Waals surface area contributed by atoms with E-state index < -0.39 is 0 Å². The van der Waals surface area contributed by atoms with E-state index in [-0.39, 0.29) is 0 Å². The number of nitrogens with zero attached hydrogens (tertiary/aromatic N) is 3. The summed E-state index contributed by atoms with van der Waals surface area (Å²) in [7, 11) is 0. The topological polar surface area (TPSA) is 38.0 Å². The van der Waals surface area contributed by atoms with E-state index in [1.165, 1.54) is 10.8 Å². The van der Waals surface area contributed by atoms with Gasteiger partial charge in [-0.25, -0.2) is 4.98 Å². The average Bonchev–Trinajstić information content (AvgIpc) is 3.41. The van der Waals surface area contributed by atoms with Crippen LogP contribution in [0.15, 0.2) is 91.0 Å². The van der Waals surface area contributed by atoms with Crippen LogP contribution < -0.4 is 0 Å². The van der Waals surface area contributed by atoms with E-state index in [9.17, 15) is 0 Å². The lowest BCUT2D eigenvalue weighted by molar-refractivity contribution is 1.11. The van der Waals surface area contributed by atoms with Crippen LogP contribution in [0.25, 0.3) is 55.3 Å². The highest BCUT2D eigenvalue weighted by Gasteiger charge is 2.18. The van der Waals surface area contributed by atoms with Crippen LogP contribution in [-0.4, -0.2) is 18.9 Å². The van der Waals surface area contributed by atoms with Crippen molar-refractivity contribution in [3.63, 3.8) is 0 Å². The lowest BCUT2D eigenvalue weighted by atomic mass is 10.1. The van der Waals surface area contributed by atoms with Gasteiger partial charge in [-0.15, -0.1) is 0 Å². The molecule has 0 aliphatic rings. The van der Waals surface area contributed by atoms with Crippen LogP contribution in [0.1, 0.15) is 0 Å². The first-order valence-electron chi connectivity index (χ1n) is 9.76. The highest BCUT2D eigenvalue weighted by atomic mass is 15.2. The fourth-order valence-corrected chi connectivity index (χ4v) is 4.57. The molecular formula is C25H16N4. The summed E-state index contributed by atoms with van der Waals surface area (Å²) in [6.07, 6.45) is 0. The van der Waals surface area contributed by atoms with Gasteiger partial charge >= 0.3 is 0 Å². The van der Waals surface area contributed by atoms with E-state index in [4.69, 9.17) is 4.98 Å². The molecule has 0 saturated heterocycles. The highest BCUT2D eigenvalue weighted by molar-refractivity contribution is 6.12. The second kappa shape index (κ2) is 5.26. The number of nitrogens with one attached hydrogen (secondary N) is 1. The van der Waals surface area contributed by atoms with Gasteiger partial charge in [-0.05, 0) is 42.5 Å². The van der Waals surface area contributed by atoms with E-state index in [0.717, 1.165) is 44.6 Å². The van der Waals surface area contributed by atoms with E-state index in [1.54, 1.807) is 0 Å². The molecule has 3 aromatic heterocycles. The van der Waals surface area contributed by atoms with Gasteiger partial charge in [0.15, 0.2) is 0 Å². The van der Waals surface area contributed by atoms with Crippen molar-refractivity contribution in [3.05, 3.63) is 91.0 Å². The Labute approximate surface area is 165 Å². The molecule has 7 rings (SSSR count). The molecule has 0 amide bonds. The normalized spacial score (nSPS) is 12.1. The van der Waals surface area contributed by atoms with Gasteiger partial charge in [0.25, 0.3) is 0 Å². The van der Waals surface area contributed by atoms with Gasteiger partial charge in [0.2, 0.25) is 5.78 Å². The highest BCUT2D eigenvalue weighted by Crippen LogP contribution is 2.34. The molecular weight excluding hydrogens is 356 g/mol. The molecule has 0 aliphatic heterocycles. The minimum absolute atomic E-state index is 0.935. The molecule has 3 heterocycles. The Morgan fingerprint density at radius 2 is 1.41 bits per heavy atom. The number of imidazole rings is 2. The Morgan fingerprint density at radius 1 is 0.621 bits per heavy atom. The smallest absolute Gasteiger partial charge is 0.220 e. The summed E-state index contributed by atoms with van der Waals surface area (Å²) in [5, 5.41) is 2.48. The van der Waals surface area contributed by atoms with Gasteiger partial charge in [-0.3, -0.25) is 8.97 Å². The van der Waals surface area contributed by atoms with Crippen LogP contribution in [0.3, 0.4) is 0 Å². The first kappa shape index (κ1) is 14.9. The van der Waals surface area contributed by atoms with Crippen LogP contribution in [-0.2, 0) is 0 Å². The largest absolute Gasteiger partial charge is 0.354 e. The van der Waals surface area contributed by atoms with Gasteiger partial charge < -0.3 is 4.98 Å². The summed E-state index contributed by atoms with van der Waals surface area (Å²) in [6.45, 7) is 0. The Kier molecular flexibility index (Phi) is 2.71. The molecule has 29 heavy (non-hydrogen) atoms. The lowest BCUT2D eigenvalue weighted by Gasteiger charge is -2.05. The maximum atomic E-state index is 4.98. The molecule has 4 heteroatoms. The molecule has 0 bridgehead atoms. The molecule has 0 atom stereocenters. The molecule has 0 spiro atoms. The Balaban J connectivity index is 1.76. The molecule has 0 radical (unpaired) electrons. The van der Waals surface area contributed by atoms with Crippen molar-refractivity contribution in [1.29, 1.82) is 0 Å². The predicted octanol–water partition coefficient (Wildman–Crippen LogP) is 6.07. The van der Waals surface area contributed by atoms with Crippen molar-refractivity contribution in [2.45, 2.75) is 0 Å². The van der Waals surface area contributed by atoms with Crippen molar-refractivity contribution in [1.82, 2.24) is 18.9 Å². The number of rotatable bonds is 1. The van der Waals surface area contributed by atoms with E-state index >= 15 is 0 Å². The number of para-hydroxylation sites is 4. The van der Waals surface area contributed by atoms with Crippen molar-refractivity contribution in [3.8, 4) is 5.69 Å². The predicted molar refractivity (Wildman–Crippen MR) is 119 cm³/mol. The third-order valence-corrected chi connectivity index (χ3v) is 5.84. The van der Waals surface area contributed by atoms with Gasteiger partial charge in [0.05, 0.1) is 22.1 Å². The molecule has 7 aromatic rings. The van der Waals surface area contributed by atoms with Crippen LogP contribution >= 0.6 is 0 Å². The maximum Gasteiger partial charge on any atom is 0.220 e. The van der Waals surface area contributed by atoms with Gasteiger partial charge in [-0.2, -0.15) is 0 Å². The van der Waals surface area contributed by atoms with Crippen LogP contribution in [0.2, 0.25) is 0 Å². The minimum Gasteiger partial charge on any atom is -0.354 e. The number of aromatic amines is 1. The zero-order valence-corrected chi connectivity index (χ0v) is 15.5. The fourth-order valence-electron chi connectivity index (χ4n) is 4.57. The van der Waals surface area contributed by atoms with Crippen LogP contribution in [0.5, 0.6) is 0 Å². The second-order valence-corrected chi connectivity index (χ2v) is 7.46. The van der Waals surface area contributed by atoms with Crippen molar-refractivity contribution in [2.24, 2.45) is 0 Å². The minimum atomic E-state index is 0.935. The van der Waals surface area contributed by atoms with E-state index in [0.29, 0.717) is 0 Å². The van der Waals surface area contributed by atoms with Gasteiger partial charge in [0.1, 0.15) is 0 Å². The molecule has 4 aromatic carbocycles. The third kappa shape index (κ3) is 1.90. The molecule has 4 nitrogen and oxygen atoms in total. The number of benzene rings is 4. The number of fused-ring (bicyclic) bond motifs is 8. The first-order valence-corrected chi connectivity index (χ1v) is 9.76. The number of hydrogen-bond acceptors (Lipinski definition) is 1. The monoisotopic (exact) mass is 372 g/mol. The Bertz CT molecular complexity index is 1700. The second-order valence-electron chi connectivity index (χ2n) is 7.46. The summed E-state index contributed by atoms with van der Waals surface area (Å²) in [4.78, 5) is 8.56. The van der Waals surface area contributed by atoms with Gasteiger partial charge in [-0.1, -0.05) is 48.5 Å². The lowest BCUT2D eigenvalue weighted by Crippen LogP contribution is -1.94. The standard InChI is InChI=1S/C25H16N4/c1-2-8-16(9-3-1)28-23-14-18-17-10-4-5-11-19(17)26-21(18)15-24(23)29-22-13-7-6-12-20(22)27-25(28)29/h1-15,26H.